The SMILES string of the molecule is O=C(O)c1cccnc1N1CCN(C(=O)Nc2ccccc2)CC1. The zero-order valence-corrected chi connectivity index (χ0v) is 13.1. The van der Waals surface area contributed by atoms with E-state index in [9.17, 15) is 14.7 Å². The first kappa shape index (κ1) is 15.8. The standard InChI is InChI=1S/C17H18N4O3/c22-16(23)14-7-4-8-18-15(14)20-9-11-21(12-10-20)17(24)19-13-5-2-1-3-6-13/h1-8H,9-12H2,(H,19,24)(H,22,23). The number of carboxylic acids is 1. The van der Waals surface area contributed by atoms with Gasteiger partial charge in [0, 0.05) is 38.1 Å². The molecule has 1 saturated heterocycles. The molecule has 0 atom stereocenters. The number of urea groups is 1. The highest BCUT2D eigenvalue weighted by atomic mass is 16.4. The minimum absolute atomic E-state index is 0.152. The third-order valence-corrected chi connectivity index (χ3v) is 3.91. The second-order valence-electron chi connectivity index (χ2n) is 5.45. The molecule has 2 N–H and O–H groups in total. The number of piperazine rings is 1. The van der Waals surface area contributed by atoms with Crippen molar-refractivity contribution >= 4 is 23.5 Å². The lowest BCUT2D eigenvalue weighted by Crippen LogP contribution is -2.50. The van der Waals surface area contributed by atoms with Crippen molar-refractivity contribution in [3.8, 4) is 0 Å². The van der Waals surface area contributed by atoms with E-state index in [2.05, 4.69) is 10.3 Å². The quantitative estimate of drug-likeness (QED) is 0.902. The Labute approximate surface area is 139 Å². The average Bonchev–Trinajstić information content (AvgIpc) is 2.62. The lowest BCUT2D eigenvalue weighted by molar-refractivity contribution is 0.0697. The molecular weight excluding hydrogens is 308 g/mol. The van der Waals surface area contributed by atoms with Crippen molar-refractivity contribution in [2.45, 2.75) is 0 Å². The van der Waals surface area contributed by atoms with E-state index >= 15 is 0 Å². The molecule has 2 heterocycles. The van der Waals surface area contributed by atoms with Gasteiger partial charge in [0.15, 0.2) is 0 Å². The van der Waals surface area contributed by atoms with E-state index < -0.39 is 5.97 Å². The first-order valence-electron chi connectivity index (χ1n) is 7.69. The second-order valence-corrected chi connectivity index (χ2v) is 5.45. The van der Waals surface area contributed by atoms with Gasteiger partial charge in [0.05, 0.1) is 0 Å². The van der Waals surface area contributed by atoms with Gasteiger partial charge in [-0.15, -0.1) is 0 Å². The summed E-state index contributed by atoms with van der Waals surface area (Å²) in [6, 6.07) is 12.3. The molecule has 0 bridgehead atoms. The Balaban J connectivity index is 1.62. The number of hydrogen-bond acceptors (Lipinski definition) is 4. The van der Waals surface area contributed by atoms with Gasteiger partial charge in [0.2, 0.25) is 0 Å². The minimum atomic E-state index is -0.998. The Morgan fingerprint density at radius 2 is 1.71 bits per heavy atom. The number of para-hydroxylation sites is 1. The number of carbonyl (C=O) groups is 2. The molecule has 1 aromatic heterocycles. The Morgan fingerprint density at radius 3 is 2.38 bits per heavy atom. The summed E-state index contributed by atoms with van der Waals surface area (Å²) in [5.74, 6) is -0.546. The Kier molecular flexibility index (Phi) is 4.60. The van der Waals surface area contributed by atoms with Crippen molar-refractivity contribution < 1.29 is 14.7 Å². The van der Waals surface area contributed by atoms with Gasteiger partial charge in [-0.05, 0) is 24.3 Å². The number of nitrogens with zero attached hydrogens (tertiary/aromatic N) is 3. The fourth-order valence-corrected chi connectivity index (χ4v) is 2.66. The van der Waals surface area contributed by atoms with Gasteiger partial charge in [-0.3, -0.25) is 0 Å². The van der Waals surface area contributed by atoms with Crippen molar-refractivity contribution in [2.75, 3.05) is 36.4 Å². The highest BCUT2D eigenvalue weighted by Gasteiger charge is 2.24. The Bertz CT molecular complexity index is 728. The van der Waals surface area contributed by atoms with E-state index in [1.807, 2.05) is 35.2 Å². The van der Waals surface area contributed by atoms with Crippen LogP contribution in [0.4, 0.5) is 16.3 Å². The molecule has 3 rings (SSSR count). The van der Waals surface area contributed by atoms with E-state index in [1.165, 1.54) is 0 Å². The van der Waals surface area contributed by atoms with E-state index in [1.54, 1.807) is 23.2 Å². The maximum atomic E-state index is 12.3. The first-order chi connectivity index (χ1) is 11.6. The predicted molar refractivity (Wildman–Crippen MR) is 90.4 cm³/mol. The summed E-state index contributed by atoms with van der Waals surface area (Å²) in [5, 5.41) is 12.1. The van der Waals surface area contributed by atoms with Crippen LogP contribution >= 0.6 is 0 Å². The maximum Gasteiger partial charge on any atom is 0.339 e. The van der Waals surface area contributed by atoms with Crippen molar-refractivity contribution in [1.29, 1.82) is 0 Å². The molecule has 2 amide bonds. The monoisotopic (exact) mass is 326 g/mol. The van der Waals surface area contributed by atoms with Gasteiger partial charge in [-0.1, -0.05) is 18.2 Å². The molecule has 1 aromatic carbocycles. The van der Waals surface area contributed by atoms with Crippen molar-refractivity contribution in [3.63, 3.8) is 0 Å². The summed E-state index contributed by atoms with van der Waals surface area (Å²) in [5.41, 5.74) is 0.933. The van der Waals surface area contributed by atoms with Crippen LogP contribution in [0.25, 0.3) is 0 Å². The zero-order valence-electron chi connectivity index (χ0n) is 13.1. The maximum absolute atomic E-state index is 12.3. The van der Waals surface area contributed by atoms with Crippen LogP contribution in [0.1, 0.15) is 10.4 Å². The van der Waals surface area contributed by atoms with Crippen molar-refractivity contribution in [2.24, 2.45) is 0 Å². The topological polar surface area (TPSA) is 85.8 Å². The number of aromatic carboxylic acids is 1. The third-order valence-electron chi connectivity index (χ3n) is 3.91. The van der Waals surface area contributed by atoms with Crippen molar-refractivity contribution in [1.82, 2.24) is 9.88 Å². The average molecular weight is 326 g/mol. The number of amides is 2. The summed E-state index contributed by atoms with van der Waals surface area (Å²) in [6.45, 7) is 2.10. The molecular formula is C17H18N4O3. The van der Waals surface area contributed by atoms with Gasteiger partial charge in [-0.25, -0.2) is 14.6 Å². The number of hydrogen-bond donors (Lipinski definition) is 2. The smallest absolute Gasteiger partial charge is 0.339 e. The number of anilines is 2. The summed E-state index contributed by atoms with van der Waals surface area (Å²) in [6.07, 6.45) is 1.58. The number of pyridine rings is 1. The summed E-state index contributed by atoms with van der Waals surface area (Å²) in [7, 11) is 0. The zero-order chi connectivity index (χ0) is 16.9. The Morgan fingerprint density at radius 1 is 1.00 bits per heavy atom. The van der Waals surface area contributed by atoms with E-state index in [-0.39, 0.29) is 11.6 Å². The lowest BCUT2D eigenvalue weighted by atomic mass is 10.2. The molecule has 2 aromatic rings. The number of carboxylic acid groups (broad SMARTS) is 1. The predicted octanol–water partition coefficient (Wildman–Crippen LogP) is 2.13. The van der Waals surface area contributed by atoms with Gasteiger partial charge < -0.3 is 20.2 Å². The highest BCUT2D eigenvalue weighted by molar-refractivity contribution is 5.93. The summed E-state index contributed by atoms with van der Waals surface area (Å²) >= 11 is 0. The van der Waals surface area contributed by atoms with Crippen LogP contribution in [-0.4, -0.2) is 53.2 Å². The molecule has 1 aliphatic rings. The molecule has 0 unspecified atom stereocenters. The molecule has 0 saturated carbocycles. The highest BCUT2D eigenvalue weighted by Crippen LogP contribution is 2.19. The van der Waals surface area contributed by atoms with E-state index in [0.717, 1.165) is 5.69 Å². The fourth-order valence-electron chi connectivity index (χ4n) is 2.66. The molecule has 1 aliphatic heterocycles. The summed E-state index contributed by atoms with van der Waals surface area (Å²) in [4.78, 5) is 31.4. The molecule has 0 spiro atoms. The molecule has 1 fully saturated rings. The van der Waals surface area contributed by atoms with Crippen LogP contribution in [0.5, 0.6) is 0 Å². The minimum Gasteiger partial charge on any atom is -0.478 e. The first-order valence-corrected chi connectivity index (χ1v) is 7.69. The molecule has 24 heavy (non-hydrogen) atoms. The van der Waals surface area contributed by atoms with Gasteiger partial charge in [-0.2, -0.15) is 0 Å². The summed E-state index contributed by atoms with van der Waals surface area (Å²) < 4.78 is 0. The molecule has 124 valence electrons. The van der Waals surface area contributed by atoms with Gasteiger partial charge in [0.25, 0.3) is 0 Å². The van der Waals surface area contributed by atoms with E-state index in [4.69, 9.17) is 0 Å². The molecule has 0 radical (unpaired) electrons. The number of rotatable bonds is 3. The number of aromatic nitrogens is 1. The normalized spacial score (nSPS) is 14.3. The van der Waals surface area contributed by atoms with Crippen LogP contribution < -0.4 is 10.2 Å². The van der Waals surface area contributed by atoms with Crippen LogP contribution in [-0.2, 0) is 0 Å². The Hall–Kier alpha value is -3.09. The van der Waals surface area contributed by atoms with Gasteiger partial charge in [0.1, 0.15) is 11.4 Å². The second kappa shape index (κ2) is 6.99. The fraction of sp³-hybridized carbons (Fsp3) is 0.235. The third kappa shape index (κ3) is 3.45. The number of nitrogens with one attached hydrogen (secondary N) is 1. The van der Waals surface area contributed by atoms with Crippen LogP contribution in [0, 0.1) is 0 Å². The number of benzene rings is 1. The molecule has 7 nitrogen and oxygen atoms in total. The van der Waals surface area contributed by atoms with Crippen LogP contribution in [0.2, 0.25) is 0 Å². The van der Waals surface area contributed by atoms with Gasteiger partial charge >= 0.3 is 12.0 Å². The number of carbonyl (C=O) groups excluding carboxylic acids is 1. The van der Waals surface area contributed by atoms with Crippen LogP contribution in [0.15, 0.2) is 48.7 Å². The largest absolute Gasteiger partial charge is 0.478 e. The van der Waals surface area contributed by atoms with Crippen LogP contribution in [0.3, 0.4) is 0 Å². The van der Waals surface area contributed by atoms with Crippen molar-refractivity contribution in [3.05, 3.63) is 54.2 Å². The molecule has 0 aliphatic carbocycles. The van der Waals surface area contributed by atoms with E-state index in [0.29, 0.717) is 32.0 Å². The molecule has 7 heteroatoms. The lowest BCUT2D eigenvalue weighted by Gasteiger charge is -2.35.